The molecular weight excluding hydrogens is 262 g/mol. The number of rotatable bonds is 8. The number of anilines is 2. The summed E-state index contributed by atoms with van der Waals surface area (Å²) in [6, 6.07) is 0. The maximum atomic E-state index is 4.84. The minimum atomic E-state index is 0.848. The summed E-state index contributed by atoms with van der Waals surface area (Å²) < 4.78 is 2.08. The lowest BCUT2D eigenvalue weighted by Gasteiger charge is -2.24. The monoisotopic (exact) mass is 287 g/mol. The molecule has 5 heteroatoms. The molecule has 1 saturated carbocycles. The highest BCUT2D eigenvalue weighted by molar-refractivity contribution is 5.67. The van der Waals surface area contributed by atoms with E-state index in [9.17, 15) is 0 Å². The number of hydrogen-bond donors (Lipinski definition) is 1. The fourth-order valence-electron chi connectivity index (χ4n) is 2.63. The van der Waals surface area contributed by atoms with E-state index in [-0.39, 0.29) is 0 Å². The maximum absolute atomic E-state index is 4.84. The molecule has 0 atom stereocenters. The Bertz CT molecular complexity index is 587. The molecule has 1 fully saturated rings. The first-order valence-electron chi connectivity index (χ1n) is 8.14. The van der Waals surface area contributed by atoms with Gasteiger partial charge in [0.15, 0.2) is 11.5 Å². The predicted molar refractivity (Wildman–Crippen MR) is 87.0 cm³/mol. The molecule has 0 radical (unpaired) electrons. The summed E-state index contributed by atoms with van der Waals surface area (Å²) in [6.45, 7) is 7.49. The van der Waals surface area contributed by atoms with Crippen LogP contribution >= 0.6 is 0 Å². The SMILES string of the molecule is CCCNc1cn2ccnc2c(N(CCC)CC2CC2)n1. The third-order valence-electron chi connectivity index (χ3n) is 3.88. The van der Waals surface area contributed by atoms with Gasteiger partial charge >= 0.3 is 0 Å². The van der Waals surface area contributed by atoms with Crippen molar-refractivity contribution in [3.63, 3.8) is 0 Å². The molecule has 0 aliphatic heterocycles. The molecule has 21 heavy (non-hydrogen) atoms. The Hall–Kier alpha value is -1.78. The summed E-state index contributed by atoms with van der Waals surface area (Å²) in [7, 11) is 0. The summed E-state index contributed by atoms with van der Waals surface area (Å²) in [6.07, 6.45) is 10.8. The minimum absolute atomic E-state index is 0.848. The summed E-state index contributed by atoms with van der Waals surface area (Å²) in [5.74, 6) is 2.81. The number of fused-ring (bicyclic) bond motifs is 1. The van der Waals surface area contributed by atoms with Gasteiger partial charge in [-0.05, 0) is 31.6 Å². The van der Waals surface area contributed by atoms with Gasteiger partial charge < -0.3 is 14.6 Å². The van der Waals surface area contributed by atoms with Crippen LogP contribution in [-0.4, -0.2) is 34.0 Å². The van der Waals surface area contributed by atoms with Crippen molar-refractivity contribution in [3.05, 3.63) is 18.6 Å². The zero-order chi connectivity index (χ0) is 14.7. The first-order valence-corrected chi connectivity index (χ1v) is 8.14. The maximum Gasteiger partial charge on any atom is 0.180 e. The molecule has 1 N–H and O–H groups in total. The summed E-state index contributed by atoms with van der Waals surface area (Å²) in [5, 5.41) is 3.40. The van der Waals surface area contributed by atoms with Crippen LogP contribution in [0.1, 0.15) is 39.5 Å². The molecule has 1 aliphatic rings. The zero-order valence-electron chi connectivity index (χ0n) is 13.0. The molecule has 2 heterocycles. The fourth-order valence-corrected chi connectivity index (χ4v) is 2.63. The quantitative estimate of drug-likeness (QED) is 0.810. The van der Waals surface area contributed by atoms with Crippen LogP contribution in [0, 0.1) is 5.92 Å². The topological polar surface area (TPSA) is 45.5 Å². The van der Waals surface area contributed by atoms with Gasteiger partial charge in [-0.3, -0.25) is 0 Å². The molecule has 0 unspecified atom stereocenters. The van der Waals surface area contributed by atoms with Gasteiger partial charge in [-0.15, -0.1) is 0 Å². The molecule has 0 amide bonds. The van der Waals surface area contributed by atoms with E-state index in [2.05, 4.69) is 33.4 Å². The van der Waals surface area contributed by atoms with Crippen LogP contribution in [0.15, 0.2) is 18.6 Å². The Morgan fingerprint density at radius 2 is 2.19 bits per heavy atom. The van der Waals surface area contributed by atoms with E-state index in [1.807, 2.05) is 18.6 Å². The van der Waals surface area contributed by atoms with Gasteiger partial charge in [0.25, 0.3) is 0 Å². The molecule has 0 saturated heterocycles. The van der Waals surface area contributed by atoms with Gasteiger partial charge in [-0.25, -0.2) is 9.97 Å². The Balaban J connectivity index is 1.94. The lowest BCUT2D eigenvalue weighted by atomic mass is 10.3. The number of aromatic nitrogens is 3. The largest absolute Gasteiger partial charge is 0.369 e. The average Bonchev–Trinajstić information content (AvgIpc) is 3.18. The van der Waals surface area contributed by atoms with Crippen LogP contribution in [0.25, 0.3) is 5.65 Å². The van der Waals surface area contributed by atoms with Crippen molar-refractivity contribution in [1.29, 1.82) is 0 Å². The molecular formula is C16H25N5. The van der Waals surface area contributed by atoms with Gasteiger partial charge in [0.05, 0.1) is 6.20 Å². The van der Waals surface area contributed by atoms with E-state index >= 15 is 0 Å². The summed E-state index contributed by atoms with van der Waals surface area (Å²) in [5.41, 5.74) is 0.964. The Labute approximate surface area is 126 Å². The molecule has 5 nitrogen and oxygen atoms in total. The van der Waals surface area contributed by atoms with Gasteiger partial charge in [-0.2, -0.15) is 0 Å². The van der Waals surface area contributed by atoms with Crippen molar-refractivity contribution in [2.45, 2.75) is 39.5 Å². The second kappa shape index (κ2) is 6.33. The molecule has 0 bridgehead atoms. The minimum Gasteiger partial charge on any atom is -0.369 e. The van der Waals surface area contributed by atoms with Crippen LogP contribution in [0.2, 0.25) is 0 Å². The predicted octanol–water partition coefficient (Wildman–Crippen LogP) is 3.18. The second-order valence-corrected chi connectivity index (χ2v) is 5.92. The number of hydrogen-bond acceptors (Lipinski definition) is 4. The van der Waals surface area contributed by atoms with Gasteiger partial charge in [0.1, 0.15) is 5.82 Å². The van der Waals surface area contributed by atoms with Crippen molar-refractivity contribution in [2.75, 3.05) is 29.9 Å². The third kappa shape index (κ3) is 3.28. The van der Waals surface area contributed by atoms with Crippen molar-refractivity contribution in [1.82, 2.24) is 14.4 Å². The van der Waals surface area contributed by atoms with Crippen LogP contribution in [-0.2, 0) is 0 Å². The summed E-state index contributed by atoms with van der Waals surface area (Å²) in [4.78, 5) is 11.8. The van der Waals surface area contributed by atoms with Crippen LogP contribution in [0.4, 0.5) is 11.6 Å². The highest BCUT2D eigenvalue weighted by Crippen LogP contribution is 2.32. The molecule has 114 valence electrons. The van der Waals surface area contributed by atoms with Crippen molar-refractivity contribution < 1.29 is 0 Å². The van der Waals surface area contributed by atoms with E-state index in [4.69, 9.17) is 4.98 Å². The molecule has 1 aliphatic carbocycles. The van der Waals surface area contributed by atoms with E-state index in [1.165, 1.54) is 12.8 Å². The Morgan fingerprint density at radius 1 is 1.33 bits per heavy atom. The molecule has 0 spiro atoms. The fraction of sp³-hybridized carbons (Fsp3) is 0.625. The van der Waals surface area contributed by atoms with Crippen LogP contribution in [0.5, 0.6) is 0 Å². The van der Waals surface area contributed by atoms with Gasteiger partial charge in [-0.1, -0.05) is 13.8 Å². The van der Waals surface area contributed by atoms with Crippen LogP contribution < -0.4 is 10.2 Å². The average molecular weight is 287 g/mol. The van der Waals surface area contributed by atoms with Gasteiger partial charge in [0, 0.05) is 32.0 Å². The van der Waals surface area contributed by atoms with E-state index in [1.54, 1.807) is 0 Å². The number of nitrogens with zero attached hydrogens (tertiary/aromatic N) is 4. The molecule has 2 aromatic heterocycles. The van der Waals surface area contributed by atoms with E-state index in [0.717, 1.165) is 55.7 Å². The Kier molecular flexibility index (Phi) is 4.27. The van der Waals surface area contributed by atoms with Crippen molar-refractivity contribution in [3.8, 4) is 0 Å². The third-order valence-corrected chi connectivity index (χ3v) is 3.88. The molecule has 3 rings (SSSR count). The normalized spacial score (nSPS) is 14.6. The lowest BCUT2D eigenvalue weighted by Crippen LogP contribution is -2.28. The highest BCUT2D eigenvalue weighted by atomic mass is 15.2. The first-order chi connectivity index (χ1) is 10.3. The smallest absolute Gasteiger partial charge is 0.180 e. The van der Waals surface area contributed by atoms with E-state index < -0.39 is 0 Å². The van der Waals surface area contributed by atoms with Crippen molar-refractivity contribution >= 4 is 17.3 Å². The van der Waals surface area contributed by atoms with Crippen molar-refractivity contribution in [2.24, 2.45) is 5.92 Å². The molecule has 2 aromatic rings. The van der Waals surface area contributed by atoms with E-state index in [0.29, 0.717) is 0 Å². The Morgan fingerprint density at radius 3 is 2.90 bits per heavy atom. The lowest BCUT2D eigenvalue weighted by molar-refractivity contribution is 0.699. The van der Waals surface area contributed by atoms with Crippen LogP contribution in [0.3, 0.4) is 0 Å². The number of nitrogens with one attached hydrogen (secondary N) is 1. The van der Waals surface area contributed by atoms with Gasteiger partial charge in [0.2, 0.25) is 0 Å². The summed E-state index contributed by atoms with van der Waals surface area (Å²) >= 11 is 0. The molecule has 0 aromatic carbocycles. The first kappa shape index (κ1) is 14.2. The second-order valence-electron chi connectivity index (χ2n) is 5.92. The zero-order valence-corrected chi connectivity index (χ0v) is 13.0. The highest BCUT2D eigenvalue weighted by Gasteiger charge is 2.26. The standard InChI is InChI=1S/C16H25N5/c1-3-7-17-14-12-21-10-8-18-15(21)16(19-14)20(9-4-2)11-13-5-6-13/h8,10,12-13,17H,3-7,9,11H2,1-2H3. The number of imidazole rings is 1.